The topological polar surface area (TPSA) is 68.8 Å². The minimum Gasteiger partial charge on any atom is -0.397 e. The van der Waals surface area contributed by atoms with Crippen LogP contribution in [0.5, 0.6) is 0 Å². The summed E-state index contributed by atoms with van der Waals surface area (Å²) < 4.78 is 2.00. The maximum Gasteiger partial charge on any atom is 0.152 e. The van der Waals surface area contributed by atoms with Gasteiger partial charge in [0.1, 0.15) is 6.33 Å². The molecule has 0 amide bonds. The number of anilines is 2. The average Bonchev–Trinajstić information content (AvgIpc) is 2.76. The molecule has 0 aliphatic heterocycles. The minimum atomic E-state index is 0.628. The summed E-state index contributed by atoms with van der Waals surface area (Å²) in [7, 11) is 0. The summed E-state index contributed by atoms with van der Waals surface area (Å²) in [4.78, 5) is 0. The highest BCUT2D eigenvalue weighted by molar-refractivity contribution is 5.69. The molecule has 0 aliphatic rings. The lowest BCUT2D eigenvalue weighted by Gasteiger charge is -2.12. The van der Waals surface area contributed by atoms with Gasteiger partial charge in [0.15, 0.2) is 5.82 Å². The largest absolute Gasteiger partial charge is 0.397 e. The van der Waals surface area contributed by atoms with E-state index in [0.29, 0.717) is 6.54 Å². The van der Waals surface area contributed by atoms with Gasteiger partial charge >= 0.3 is 0 Å². The molecule has 1 heterocycles. The number of nitrogens with two attached hydrogens (primary N) is 1. The summed E-state index contributed by atoms with van der Waals surface area (Å²) in [6.07, 6.45) is 1.73. The zero-order valence-electron chi connectivity index (χ0n) is 10.1. The first kappa shape index (κ1) is 11.4. The summed E-state index contributed by atoms with van der Waals surface area (Å²) in [5.74, 6) is 0.912. The molecule has 0 unspecified atom stereocenters. The van der Waals surface area contributed by atoms with Gasteiger partial charge < -0.3 is 15.6 Å². The molecule has 0 saturated heterocycles. The number of rotatable bonds is 4. The van der Waals surface area contributed by atoms with Crippen molar-refractivity contribution < 1.29 is 0 Å². The number of nitrogens with zero attached hydrogens (tertiary/aromatic N) is 3. The van der Waals surface area contributed by atoms with Crippen LogP contribution >= 0.6 is 0 Å². The molecule has 3 N–H and O–H groups in total. The molecule has 5 heteroatoms. The van der Waals surface area contributed by atoms with Crippen LogP contribution in [-0.2, 0) is 13.1 Å². The second-order valence-electron chi connectivity index (χ2n) is 3.93. The first-order valence-corrected chi connectivity index (χ1v) is 5.68. The number of benzene rings is 1. The normalized spacial score (nSPS) is 10.5. The van der Waals surface area contributed by atoms with E-state index < -0.39 is 0 Å². The lowest BCUT2D eigenvalue weighted by atomic mass is 10.1. The van der Waals surface area contributed by atoms with Crippen molar-refractivity contribution in [1.29, 1.82) is 0 Å². The molecular formula is C12H17N5. The molecule has 1 aromatic carbocycles. The molecule has 1 aromatic heterocycles. The molecule has 17 heavy (non-hydrogen) atoms. The third-order valence-electron chi connectivity index (χ3n) is 2.76. The van der Waals surface area contributed by atoms with Crippen LogP contribution in [0, 0.1) is 6.92 Å². The molecule has 0 radical (unpaired) electrons. The van der Waals surface area contributed by atoms with Crippen molar-refractivity contribution in [3.05, 3.63) is 35.9 Å². The smallest absolute Gasteiger partial charge is 0.152 e. The van der Waals surface area contributed by atoms with Crippen LogP contribution in [0.25, 0.3) is 0 Å². The Bertz CT molecular complexity index is 483. The molecule has 0 saturated carbocycles. The Morgan fingerprint density at radius 3 is 2.94 bits per heavy atom. The number of nitrogen functional groups attached to an aromatic ring is 1. The van der Waals surface area contributed by atoms with Crippen LogP contribution < -0.4 is 11.1 Å². The van der Waals surface area contributed by atoms with E-state index in [2.05, 4.69) is 22.4 Å². The van der Waals surface area contributed by atoms with Crippen LogP contribution in [0.1, 0.15) is 18.3 Å². The highest BCUT2D eigenvalue weighted by Crippen LogP contribution is 2.22. The van der Waals surface area contributed by atoms with Crippen LogP contribution in [0.15, 0.2) is 24.5 Å². The monoisotopic (exact) mass is 231 g/mol. The third-order valence-corrected chi connectivity index (χ3v) is 2.76. The molecule has 0 fully saturated rings. The van der Waals surface area contributed by atoms with Gasteiger partial charge in [-0.25, -0.2) is 0 Å². The zero-order valence-corrected chi connectivity index (χ0v) is 10.1. The number of para-hydroxylation sites is 1. The molecule has 2 aromatic rings. The van der Waals surface area contributed by atoms with Gasteiger partial charge in [-0.1, -0.05) is 12.1 Å². The SMILES string of the molecule is CCn1cnnc1CNc1c(C)cccc1N. The molecular weight excluding hydrogens is 214 g/mol. The van der Waals surface area contributed by atoms with E-state index in [1.165, 1.54) is 0 Å². The van der Waals surface area contributed by atoms with E-state index in [-0.39, 0.29) is 0 Å². The highest BCUT2D eigenvalue weighted by Gasteiger charge is 2.05. The summed E-state index contributed by atoms with van der Waals surface area (Å²) in [6, 6.07) is 5.87. The Labute approximate surface area is 101 Å². The fraction of sp³-hybridized carbons (Fsp3) is 0.333. The van der Waals surface area contributed by atoms with E-state index in [1.54, 1.807) is 6.33 Å². The number of aryl methyl sites for hydroxylation is 2. The Hall–Kier alpha value is -2.04. The lowest BCUT2D eigenvalue weighted by molar-refractivity contribution is 0.708. The van der Waals surface area contributed by atoms with Crippen molar-refractivity contribution in [3.8, 4) is 0 Å². The minimum absolute atomic E-state index is 0.628. The van der Waals surface area contributed by atoms with Crippen LogP contribution in [0.4, 0.5) is 11.4 Å². The fourth-order valence-corrected chi connectivity index (χ4v) is 1.78. The van der Waals surface area contributed by atoms with Gasteiger partial charge in [-0.3, -0.25) is 0 Å². The van der Waals surface area contributed by atoms with E-state index >= 15 is 0 Å². The van der Waals surface area contributed by atoms with Gasteiger partial charge in [-0.05, 0) is 25.5 Å². The van der Waals surface area contributed by atoms with Crippen molar-refractivity contribution in [2.45, 2.75) is 26.9 Å². The van der Waals surface area contributed by atoms with E-state index in [1.807, 2.05) is 29.7 Å². The third kappa shape index (κ3) is 2.38. The molecule has 2 rings (SSSR count). The highest BCUT2D eigenvalue weighted by atomic mass is 15.3. The molecule has 0 spiro atoms. The van der Waals surface area contributed by atoms with Crippen molar-refractivity contribution in [2.24, 2.45) is 0 Å². The Morgan fingerprint density at radius 2 is 2.24 bits per heavy atom. The molecule has 0 atom stereocenters. The zero-order chi connectivity index (χ0) is 12.3. The summed E-state index contributed by atoms with van der Waals surface area (Å²) in [5, 5.41) is 11.3. The quantitative estimate of drug-likeness (QED) is 0.787. The predicted octanol–water partition coefficient (Wildman–Crippen LogP) is 1.80. The Kier molecular flexibility index (Phi) is 3.27. The first-order valence-electron chi connectivity index (χ1n) is 5.68. The average molecular weight is 231 g/mol. The maximum atomic E-state index is 5.93. The van der Waals surface area contributed by atoms with Gasteiger partial charge in [0.25, 0.3) is 0 Å². The second-order valence-corrected chi connectivity index (χ2v) is 3.93. The molecule has 90 valence electrons. The Morgan fingerprint density at radius 1 is 1.41 bits per heavy atom. The number of hydrogen-bond acceptors (Lipinski definition) is 4. The van der Waals surface area contributed by atoms with Crippen molar-refractivity contribution >= 4 is 11.4 Å². The summed E-state index contributed by atoms with van der Waals surface area (Å²) >= 11 is 0. The standard InChI is InChI=1S/C12H17N5/c1-3-17-8-15-16-11(17)7-14-12-9(2)5-4-6-10(12)13/h4-6,8,14H,3,7,13H2,1-2H3. The predicted molar refractivity (Wildman–Crippen MR) is 68.6 cm³/mol. The Balaban J connectivity index is 2.13. The number of aromatic nitrogens is 3. The van der Waals surface area contributed by atoms with Gasteiger partial charge in [-0.15, -0.1) is 10.2 Å². The van der Waals surface area contributed by atoms with Gasteiger partial charge in [-0.2, -0.15) is 0 Å². The van der Waals surface area contributed by atoms with Crippen molar-refractivity contribution in [2.75, 3.05) is 11.1 Å². The van der Waals surface area contributed by atoms with Crippen LogP contribution in [-0.4, -0.2) is 14.8 Å². The number of nitrogens with one attached hydrogen (secondary N) is 1. The van der Waals surface area contributed by atoms with E-state index in [9.17, 15) is 0 Å². The molecule has 0 bridgehead atoms. The maximum absolute atomic E-state index is 5.93. The van der Waals surface area contributed by atoms with Crippen LogP contribution in [0.2, 0.25) is 0 Å². The van der Waals surface area contributed by atoms with Crippen molar-refractivity contribution in [3.63, 3.8) is 0 Å². The van der Waals surface area contributed by atoms with E-state index in [4.69, 9.17) is 5.73 Å². The molecule has 0 aliphatic carbocycles. The fourth-order valence-electron chi connectivity index (χ4n) is 1.78. The van der Waals surface area contributed by atoms with Crippen molar-refractivity contribution in [1.82, 2.24) is 14.8 Å². The lowest BCUT2D eigenvalue weighted by Crippen LogP contribution is -2.09. The summed E-state index contributed by atoms with van der Waals surface area (Å²) in [6.45, 7) is 5.59. The second kappa shape index (κ2) is 4.86. The van der Waals surface area contributed by atoms with Gasteiger partial charge in [0.05, 0.1) is 17.9 Å². The van der Waals surface area contributed by atoms with E-state index in [0.717, 1.165) is 29.3 Å². The number of hydrogen-bond donors (Lipinski definition) is 2. The molecule has 5 nitrogen and oxygen atoms in total. The van der Waals surface area contributed by atoms with Gasteiger partial charge in [0, 0.05) is 6.54 Å². The van der Waals surface area contributed by atoms with Gasteiger partial charge in [0.2, 0.25) is 0 Å². The first-order chi connectivity index (χ1) is 8.22. The van der Waals surface area contributed by atoms with Crippen LogP contribution in [0.3, 0.4) is 0 Å². The summed E-state index contributed by atoms with van der Waals surface area (Å²) in [5.41, 5.74) is 8.79.